The lowest BCUT2D eigenvalue weighted by molar-refractivity contribution is -0.161. The number of aliphatic hydroxyl groups is 1. The van der Waals surface area contributed by atoms with Crippen molar-refractivity contribution in [1.29, 1.82) is 0 Å². The van der Waals surface area contributed by atoms with E-state index in [0.717, 1.165) is 18.9 Å². The van der Waals surface area contributed by atoms with Gasteiger partial charge < -0.3 is 9.66 Å². The molecule has 1 rings (SSSR count). The van der Waals surface area contributed by atoms with E-state index in [1.165, 1.54) is 6.08 Å². The molecule has 0 fully saturated rings. The van der Waals surface area contributed by atoms with Gasteiger partial charge in [0.05, 0.1) is 12.1 Å². The predicted octanol–water partition coefficient (Wildman–Crippen LogP) is 1.39. The minimum Gasteiger partial charge on any atom is -0.598 e. The van der Waals surface area contributed by atoms with Crippen LogP contribution in [0.4, 0.5) is 13.2 Å². The van der Waals surface area contributed by atoms with E-state index in [-0.39, 0.29) is 11.8 Å². The lowest BCUT2D eigenvalue weighted by Crippen LogP contribution is -2.51. The summed E-state index contributed by atoms with van der Waals surface area (Å²) in [6.07, 6.45) is -1.03. The van der Waals surface area contributed by atoms with E-state index in [1.807, 2.05) is 13.8 Å². The van der Waals surface area contributed by atoms with Crippen molar-refractivity contribution in [2.75, 3.05) is 13.1 Å². The third-order valence-corrected chi connectivity index (χ3v) is 4.81. The minimum absolute atomic E-state index is 0.0620. The van der Waals surface area contributed by atoms with Gasteiger partial charge >= 0.3 is 6.18 Å². The second kappa shape index (κ2) is 9.85. The molecule has 0 amide bonds. The first kappa shape index (κ1) is 20.7. The van der Waals surface area contributed by atoms with E-state index in [1.54, 1.807) is 0 Å². The van der Waals surface area contributed by atoms with Crippen molar-refractivity contribution in [1.82, 2.24) is 15.4 Å². The van der Waals surface area contributed by atoms with Crippen LogP contribution in [0.5, 0.6) is 0 Å². The van der Waals surface area contributed by atoms with Crippen LogP contribution in [0.25, 0.3) is 0 Å². The smallest absolute Gasteiger partial charge is 0.396 e. The van der Waals surface area contributed by atoms with Gasteiger partial charge in [0, 0.05) is 24.5 Å². The van der Waals surface area contributed by atoms with Gasteiger partial charge in [-0.1, -0.05) is 12.2 Å². The number of unbranched alkanes of at least 4 members (excludes halogenated alkanes) is 1. The van der Waals surface area contributed by atoms with E-state index < -0.39 is 35.8 Å². The Balaban J connectivity index is 2.14. The highest BCUT2D eigenvalue weighted by atomic mass is 32.2. The summed E-state index contributed by atoms with van der Waals surface area (Å²) < 4.78 is 51.8. The summed E-state index contributed by atoms with van der Waals surface area (Å²) in [6, 6.07) is 0. The predicted molar refractivity (Wildman–Crippen MR) is 84.8 cm³/mol. The fourth-order valence-corrected chi connectivity index (χ4v) is 2.75. The molecular formula is C14H26F3N3O2S. The molecule has 0 radical (unpaired) electrons. The molecule has 0 aromatic carbocycles. The van der Waals surface area contributed by atoms with Crippen molar-refractivity contribution < 1.29 is 22.8 Å². The Kier molecular flexibility index (Phi) is 8.88. The standard InChI is InChI=1S/C14H26F3N3O2S/c1-10(2)23(22)19-8-4-3-5-13(21)20-12-7-6-11(9-18-12)14(15,16)17/h6-7,10-13,18-21H,3-5,8-9H2,1-2H3. The fourth-order valence-electron chi connectivity index (χ4n) is 2.07. The van der Waals surface area contributed by atoms with Crippen LogP contribution in [0, 0.1) is 5.92 Å². The molecule has 1 heterocycles. The van der Waals surface area contributed by atoms with Crippen molar-refractivity contribution in [2.45, 2.75) is 56.9 Å². The summed E-state index contributed by atoms with van der Waals surface area (Å²) in [5, 5.41) is 15.4. The van der Waals surface area contributed by atoms with Crippen molar-refractivity contribution >= 4 is 11.4 Å². The Morgan fingerprint density at radius 3 is 2.57 bits per heavy atom. The molecule has 9 heteroatoms. The molecule has 0 bridgehead atoms. The molecule has 5 nitrogen and oxygen atoms in total. The SMILES string of the molecule is CC(C)[S+]([O-])NCCCCC(O)NC1C=CC(C(F)(F)F)CN1. The average molecular weight is 357 g/mol. The van der Waals surface area contributed by atoms with Gasteiger partial charge in [-0.25, -0.2) is 0 Å². The fraction of sp³-hybridized carbons (Fsp3) is 0.857. The number of aliphatic hydroxyl groups excluding tert-OH is 1. The Morgan fingerprint density at radius 2 is 2.04 bits per heavy atom. The highest BCUT2D eigenvalue weighted by Gasteiger charge is 2.39. The summed E-state index contributed by atoms with van der Waals surface area (Å²) in [5.74, 6) is -1.48. The molecule has 0 aliphatic carbocycles. The lowest BCUT2D eigenvalue weighted by Gasteiger charge is -2.28. The number of rotatable bonds is 9. The first-order valence-electron chi connectivity index (χ1n) is 7.76. The Labute approximate surface area is 138 Å². The normalized spacial score (nSPS) is 24.9. The Morgan fingerprint density at radius 1 is 1.35 bits per heavy atom. The van der Waals surface area contributed by atoms with Crippen LogP contribution in [-0.2, 0) is 11.4 Å². The van der Waals surface area contributed by atoms with Crippen molar-refractivity contribution in [3.63, 3.8) is 0 Å². The second-order valence-electron chi connectivity index (χ2n) is 5.84. The largest absolute Gasteiger partial charge is 0.598 e. The molecule has 4 unspecified atom stereocenters. The van der Waals surface area contributed by atoms with Crippen LogP contribution < -0.4 is 15.4 Å². The third kappa shape index (κ3) is 8.37. The highest BCUT2D eigenvalue weighted by Crippen LogP contribution is 2.28. The van der Waals surface area contributed by atoms with Gasteiger partial charge in [0.15, 0.2) is 0 Å². The summed E-state index contributed by atoms with van der Waals surface area (Å²) in [6.45, 7) is 4.14. The first-order chi connectivity index (χ1) is 10.7. The molecule has 0 aromatic rings. The zero-order valence-corrected chi connectivity index (χ0v) is 14.2. The van der Waals surface area contributed by atoms with Crippen LogP contribution in [-0.4, -0.2) is 46.6 Å². The van der Waals surface area contributed by atoms with Gasteiger partial charge in [-0.2, -0.15) is 13.2 Å². The van der Waals surface area contributed by atoms with Gasteiger partial charge in [-0.15, -0.1) is 4.72 Å². The number of hydrogen-bond donors (Lipinski definition) is 4. The summed E-state index contributed by atoms with van der Waals surface area (Å²) in [4.78, 5) is 0. The topological polar surface area (TPSA) is 79.4 Å². The minimum atomic E-state index is -4.24. The average Bonchev–Trinajstić information content (AvgIpc) is 2.46. The Bertz CT molecular complexity index is 370. The molecule has 0 spiro atoms. The van der Waals surface area contributed by atoms with Crippen LogP contribution in [0.3, 0.4) is 0 Å². The Hall–Kier alpha value is -0.320. The quantitative estimate of drug-likeness (QED) is 0.217. The van der Waals surface area contributed by atoms with E-state index >= 15 is 0 Å². The zero-order chi connectivity index (χ0) is 17.5. The van der Waals surface area contributed by atoms with Gasteiger partial charge in [0.25, 0.3) is 0 Å². The summed E-state index contributed by atoms with van der Waals surface area (Å²) in [5.41, 5.74) is 0. The molecule has 4 N–H and O–H groups in total. The zero-order valence-electron chi connectivity index (χ0n) is 13.4. The lowest BCUT2D eigenvalue weighted by atomic mass is 10.1. The van der Waals surface area contributed by atoms with Gasteiger partial charge in [0.2, 0.25) is 0 Å². The third-order valence-electron chi connectivity index (χ3n) is 3.46. The van der Waals surface area contributed by atoms with E-state index in [2.05, 4.69) is 15.4 Å². The molecule has 0 saturated heterocycles. The van der Waals surface area contributed by atoms with E-state index in [4.69, 9.17) is 0 Å². The van der Waals surface area contributed by atoms with Crippen molar-refractivity contribution in [3.8, 4) is 0 Å². The van der Waals surface area contributed by atoms with Crippen LogP contribution in [0.1, 0.15) is 33.1 Å². The summed E-state index contributed by atoms with van der Waals surface area (Å²) in [7, 11) is 0. The van der Waals surface area contributed by atoms with Crippen LogP contribution in [0.15, 0.2) is 12.2 Å². The monoisotopic (exact) mass is 357 g/mol. The molecule has 4 atom stereocenters. The summed E-state index contributed by atoms with van der Waals surface area (Å²) >= 11 is -1.04. The van der Waals surface area contributed by atoms with Crippen molar-refractivity contribution in [2.24, 2.45) is 5.92 Å². The van der Waals surface area contributed by atoms with Gasteiger partial charge in [-0.05, 0) is 33.1 Å². The number of halogens is 3. The number of hydrogen-bond acceptors (Lipinski definition) is 5. The highest BCUT2D eigenvalue weighted by molar-refractivity contribution is 7.90. The van der Waals surface area contributed by atoms with E-state index in [0.29, 0.717) is 13.0 Å². The number of alkyl halides is 3. The maximum absolute atomic E-state index is 12.5. The second-order valence-corrected chi connectivity index (χ2v) is 7.66. The van der Waals surface area contributed by atoms with Crippen LogP contribution >= 0.6 is 0 Å². The molecule has 1 aliphatic rings. The molecule has 136 valence electrons. The van der Waals surface area contributed by atoms with Gasteiger partial charge in [-0.3, -0.25) is 10.6 Å². The molecule has 0 aromatic heterocycles. The maximum Gasteiger partial charge on any atom is 0.396 e. The van der Waals surface area contributed by atoms with E-state index in [9.17, 15) is 22.8 Å². The van der Waals surface area contributed by atoms with Crippen LogP contribution in [0.2, 0.25) is 0 Å². The van der Waals surface area contributed by atoms with Gasteiger partial charge in [0.1, 0.15) is 11.5 Å². The van der Waals surface area contributed by atoms with Crippen molar-refractivity contribution in [3.05, 3.63) is 12.2 Å². The molecule has 1 aliphatic heterocycles. The molecule has 0 saturated carbocycles. The number of nitrogens with one attached hydrogen (secondary N) is 3. The molecular weight excluding hydrogens is 331 g/mol. The molecule has 23 heavy (non-hydrogen) atoms. The maximum atomic E-state index is 12.5. The first-order valence-corrected chi connectivity index (χ1v) is 8.98.